The van der Waals surface area contributed by atoms with Gasteiger partial charge in [-0.05, 0) is 33.6 Å². The van der Waals surface area contributed by atoms with E-state index in [0.29, 0.717) is 0 Å². The van der Waals surface area contributed by atoms with Crippen LogP contribution in [0.15, 0.2) is 41.5 Å². The van der Waals surface area contributed by atoms with E-state index < -0.39 is 0 Å². The van der Waals surface area contributed by atoms with Crippen molar-refractivity contribution in [2.45, 2.75) is 6.42 Å². The van der Waals surface area contributed by atoms with Gasteiger partial charge in [-0.3, -0.25) is 4.98 Å². The lowest BCUT2D eigenvalue weighted by Crippen LogP contribution is -1.93. The van der Waals surface area contributed by atoms with Gasteiger partial charge in [0.25, 0.3) is 0 Å². The van der Waals surface area contributed by atoms with E-state index in [4.69, 9.17) is 0 Å². The van der Waals surface area contributed by atoms with Crippen molar-refractivity contribution in [2.24, 2.45) is 0 Å². The summed E-state index contributed by atoms with van der Waals surface area (Å²) < 4.78 is 0.811. The first-order chi connectivity index (χ1) is 6.84. The highest BCUT2D eigenvalue weighted by atomic mass is 79.9. The summed E-state index contributed by atoms with van der Waals surface area (Å²) >= 11 is 3.31. The van der Waals surface area contributed by atoms with Gasteiger partial charge < -0.3 is 0 Å². The highest BCUT2D eigenvalue weighted by Gasteiger charge is 1.98. The summed E-state index contributed by atoms with van der Waals surface area (Å²) in [6, 6.07) is 5.86. The molecule has 2 rings (SSSR count). The van der Waals surface area contributed by atoms with Gasteiger partial charge >= 0.3 is 0 Å². The first-order valence-corrected chi connectivity index (χ1v) is 4.99. The summed E-state index contributed by atoms with van der Waals surface area (Å²) in [6.07, 6.45) is 5.94. The van der Waals surface area contributed by atoms with E-state index in [1.165, 1.54) is 0 Å². The van der Waals surface area contributed by atoms with E-state index in [1.807, 2.05) is 24.4 Å². The molecule has 0 amide bonds. The summed E-state index contributed by atoms with van der Waals surface area (Å²) in [5, 5.41) is 0. The van der Waals surface area contributed by atoms with Gasteiger partial charge in [-0.15, -0.1) is 0 Å². The van der Waals surface area contributed by atoms with Crippen LogP contribution >= 0.6 is 15.9 Å². The molecule has 0 unspecified atom stereocenters. The lowest BCUT2D eigenvalue weighted by atomic mass is 10.1. The quantitative estimate of drug-likeness (QED) is 0.767. The van der Waals surface area contributed by atoms with Crippen molar-refractivity contribution in [3.8, 4) is 0 Å². The molecule has 4 heteroatoms. The molecule has 0 bridgehead atoms. The molecule has 2 aromatic rings. The van der Waals surface area contributed by atoms with Gasteiger partial charge in [-0.25, -0.2) is 9.97 Å². The molecule has 3 nitrogen and oxygen atoms in total. The maximum atomic E-state index is 4.17. The molecule has 0 fully saturated rings. The lowest BCUT2D eigenvalue weighted by molar-refractivity contribution is 1.01. The smallest absolute Gasteiger partial charge is 0.116 e. The molecule has 0 atom stereocenters. The Kier molecular flexibility index (Phi) is 2.84. The average Bonchev–Trinajstić information content (AvgIpc) is 2.19. The third kappa shape index (κ3) is 2.35. The number of rotatable bonds is 2. The van der Waals surface area contributed by atoms with Gasteiger partial charge in [0.1, 0.15) is 10.9 Å². The molecule has 14 heavy (non-hydrogen) atoms. The fraction of sp³-hybridized carbons (Fsp3) is 0.100. The Hall–Kier alpha value is -1.29. The average molecular weight is 250 g/mol. The largest absolute Gasteiger partial charge is 0.264 e. The molecule has 0 saturated heterocycles. The monoisotopic (exact) mass is 249 g/mol. The first kappa shape index (κ1) is 9.27. The van der Waals surface area contributed by atoms with Crippen LogP contribution in [0, 0.1) is 0 Å². The molecule has 0 radical (unpaired) electrons. The maximum Gasteiger partial charge on any atom is 0.116 e. The zero-order chi connectivity index (χ0) is 9.80. The van der Waals surface area contributed by atoms with Crippen LogP contribution in [0.2, 0.25) is 0 Å². The van der Waals surface area contributed by atoms with Crippen LogP contribution in [-0.4, -0.2) is 15.0 Å². The van der Waals surface area contributed by atoms with Crippen LogP contribution in [-0.2, 0) is 6.42 Å². The number of hydrogen-bond donors (Lipinski definition) is 0. The molecule has 2 aromatic heterocycles. The number of nitrogens with zero attached hydrogens (tertiary/aromatic N) is 3. The molecule has 0 aliphatic carbocycles. The van der Waals surface area contributed by atoms with Crippen LogP contribution < -0.4 is 0 Å². The first-order valence-electron chi connectivity index (χ1n) is 4.20. The van der Waals surface area contributed by atoms with Crippen LogP contribution in [0.3, 0.4) is 0 Å². The number of halogens is 1. The van der Waals surface area contributed by atoms with Crippen LogP contribution in [0.1, 0.15) is 11.3 Å². The fourth-order valence-corrected chi connectivity index (χ4v) is 1.53. The highest BCUT2D eigenvalue weighted by Crippen LogP contribution is 2.09. The molecule has 0 aliphatic rings. The van der Waals surface area contributed by atoms with Gasteiger partial charge in [0, 0.05) is 24.5 Å². The summed E-state index contributed by atoms with van der Waals surface area (Å²) in [6.45, 7) is 0. The Morgan fingerprint density at radius 2 is 2.21 bits per heavy atom. The van der Waals surface area contributed by atoms with Crippen molar-refractivity contribution in [3.63, 3.8) is 0 Å². The second kappa shape index (κ2) is 4.28. The highest BCUT2D eigenvalue weighted by molar-refractivity contribution is 9.10. The SMILES string of the molecule is Brc1cc(Cc2cccnc2)ncn1. The third-order valence-corrected chi connectivity index (χ3v) is 2.23. The van der Waals surface area contributed by atoms with Crippen molar-refractivity contribution >= 4 is 15.9 Å². The van der Waals surface area contributed by atoms with Gasteiger partial charge in [0.15, 0.2) is 0 Å². The summed E-state index contributed by atoms with van der Waals surface area (Å²) in [5.41, 5.74) is 2.14. The number of aromatic nitrogens is 3. The van der Waals surface area contributed by atoms with Gasteiger partial charge in [-0.1, -0.05) is 6.07 Å². The van der Waals surface area contributed by atoms with Crippen LogP contribution in [0.5, 0.6) is 0 Å². The number of hydrogen-bond acceptors (Lipinski definition) is 3. The Morgan fingerprint density at radius 3 is 2.93 bits per heavy atom. The Labute approximate surface area is 90.4 Å². The summed E-state index contributed by atoms with van der Waals surface area (Å²) in [5.74, 6) is 0. The van der Waals surface area contributed by atoms with Crippen molar-refractivity contribution < 1.29 is 0 Å². The van der Waals surface area contributed by atoms with Crippen LogP contribution in [0.4, 0.5) is 0 Å². The summed E-state index contributed by atoms with van der Waals surface area (Å²) in [7, 11) is 0. The van der Waals surface area contributed by atoms with Gasteiger partial charge in [-0.2, -0.15) is 0 Å². The van der Waals surface area contributed by atoms with Crippen molar-refractivity contribution in [3.05, 3.63) is 52.8 Å². The molecule has 2 heterocycles. The van der Waals surface area contributed by atoms with Crippen LogP contribution in [0.25, 0.3) is 0 Å². The van der Waals surface area contributed by atoms with E-state index in [0.717, 1.165) is 22.3 Å². The van der Waals surface area contributed by atoms with E-state index >= 15 is 0 Å². The molecule has 0 N–H and O–H groups in total. The minimum atomic E-state index is 0.787. The predicted molar refractivity (Wildman–Crippen MR) is 56.8 cm³/mol. The van der Waals surface area contributed by atoms with E-state index in [2.05, 4.69) is 30.9 Å². The zero-order valence-electron chi connectivity index (χ0n) is 7.39. The van der Waals surface area contributed by atoms with E-state index in [9.17, 15) is 0 Å². The molecule has 0 spiro atoms. The van der Waals surface area contributed by atoms with E-state index in [-0.39, 0.29) is 0 Å². The standard InChI is InChI=1S/C10H8BrN3/c11-10-5-9(13-7-14-10)4-8-2-1-3-12-6-8/h1-3,5-7H,4H2. The number of pyridine rings is 1. The predicted octanol–water partition coefficient (Wildman–Crippen LogP) is 2.22. The minimum Gasteiger partial charge on any atom is -0.264 e. The third-order valence-electron chi connectivity index (χ3n) is 1.80. The fourth-order valence-electron chi connectivity index (χ4n) is 1.18. The second-order valence-corrected chi connectivity index (χ2v) is 3.68. The topological polar surface area (TPSA) is 38.7 Å². The van der Waals surface area contributed by atoms with Gasteiger partial charge in [0.2, 0.25) is 0 Å². The lowest BCUT2D eigenvalue weighted by Gasteiger charge is -1.99. The second-order valence-electron chi connectivity index (χ2n) is 2.87. The molecule has 0 aliphatic heterocycles. The molecule has 0 saturated carbocycles. The zero-order valence-corrected chi connectivity index (χ0v) is 8.98. The maximum absolute atomic E-state index is 4.17. The van der Waals surface area contributed by atoms with Crippen molar-refractivity contribution in [1.82, 2.24) is 15.0 Å². The Balaban J connectivity index is 2.19. The normalized spacial score (nSPS) is 10.1. The Morgan fingerprint density at radius 1 is 1.29 bits per heavy atom. The molecule has 0 aromatic carbocycles. The Bertz CT molecular complexity index is 417. The van der Waals surface area contributed by atoms with Gasteiger partial charge in [0.05, 0.1) is 0 Å². The molecular weight excluding hydrogens is 242 g/mol. The molecular formula is C10H8BrN3. The molecule has 70 valence electrons. The van der Waals surface area contributed by atoms with Crippen molar-refractivity contribution in [2.75, 3.05) is 0 Å². The van der Waals surface area contributed by atoms with E-state index in [1.54, 1.807) is 12.5 Å². The summed E-state index contributed by atoms with van der Waals surface area (Å²) in [4.78, 5) is 12.2. The van der Waals surface area contributed by atoms with Crippen molar-refractivity contribution in [1.29, 1.82) is 0 Å². The minimum absolute atomic E-state index is 0.787.